The largest absolute Gasteiger partial charge is 0.380 e. The Morgan fingerprint density at radius 2 is 2.67 bits per heavy atom. The lowest BCUT2D eigenvalue weighted by molar-refractivity contribution is 0.0662. The lowest BCUT2D eigenvalue weighted by Gasteiger charge is -1.82. The van der Waals surface area contributed by atoms with Crippen LogP contribution in [0.2, 0.25) is 0 Å². The molecule has 1 unspecified atom stereocenters. The molecule has 1 aliphatic rings. The lowest BCUT2D eigenvalue weighted by atomic mass is 10.9. The predicted molar refractivity (Wildman–Crippen MR) is 20.9 cm³/mol. The first-order valence-corrected chi connectivity index (χ1v) is 3.25. The van der Waals surface area contributed by atoms with Crippen molar-refractivity contribution >= 4 is 7.93 Å². The number of hydrogen-bond acceptors (Lipinski definition) is 2. The first kappa shape index (κ1) is 2.80. The van der Waals surface area contributed by atoms with E-state index in [9.17, 15) is 0 Å². The Morgan fingerprint density at radius 3 is 2.83 bits per heavy atom. The van der Waals surface area contributed by atoms with E-state index in [0.717, 1.165) is 12.8 Å². The summed E-state index contributed by atoms with van der Waals surface area (Å²) in [7, 11) is -0.187. The van der Waals surface area contributed by atoms with Crippen molar-refractivity contribution in [1.82, 2.24) is 4.67 Å². The molecule has 6 heavy (non-hydrogen) atoms. The zero-order chi connectivity index (χ0) is 3.98. The van der Waals surface area contributed by atoms with E-state index in [2.05, 4.69) is 0 Å². The maximum absolute atomic E-state index is 4.87. The summed E-state index contributed by atoms with van der Waals surface area (Å²) in [5.74, 6) is 0. The molecule has 3 nitrogen and oxygen atoms in total. The van der Waals surface area contributed by atoms with Crippen molar-refractivity contribution in [2.75, 3.05) is 6.61 Å². The zero-order valence-electron chi connectivity index (χ0n) is 3.13. The second-order valence-corrected chi connectivity index (χ2v) is 2.87. The van der Waals surface area contributed by atoms with Gasteiger partial charge in [-0.3, -0.25) is 0 Å². The Balaban J connectivity index is 2.38. The quantitative estimate of drug-likeness (QED) is 0.480. The summed E-state index contributed by atoms with van der Waals surface area (Å²) in [5.41, 5.74) is 0. The topological polar surface area (TPSA) is 27.3 Å². The van der Waals surface area contributed by atoms with Crippen molar-refractivity contribution in [2.45, 2.75) is 6.16 Å². The monoisotopic (exact) mass is 105 g/mol. The molecule has 2 heterocycles. The SMILES string of the molecule is C1Cp2on2O1. The Morgan fingerprint density at radius 1 is 1.67 bits per heavy atom. The van der Waals surface area contributed by atoms with Crippen molar-refractivity contribution in [3.63, 3.8) is 0 Å². The van der Waals surface area contributed by atoms with Gasteiger partial charge in [0.1, 0.15) is 6.61 Å². The molecule has 0 spiro atoms. The standard InChI is InChI=1S/C2H4NO2P/c1-2-6-3(4-1)5-6/h1-2H2. The van der Waals surface area contributed by atoms with Crippen molar-refractivity contribution in [1.29, 1.82) is 0 Å². The highest BCUT2D eigenvalue weighted by Crippen LogP contribution is 2.39. The Bertz CT molecular complexity index is 126. The third kappa shape index (κ3) is 0.197. The second-order valence-electron chi connectivity index (χ2n) is 1.23. The summed E-state index contributed by atoms with van der Waals surface area (Å²) in [5, 5.41) is 0. The maximum Gasteiger partial charge on any atom is 0.231 e. The van der Waals surface area contributed by atoms with Crippen LogP contribution < -0.4 is 4.84 Å². The molecule has 0 aliphatic carbocycles. The molecule has 1 aliphatic heterocycles. The molecule has 0 bridgehead atoms. The summed E-state index contributed by atoms with van der Waals surface area (Å²) in [6.07, 6.45) is 1.11. The van der Waals surface area contributed by atoms with E-state index in [1.807, 2.05) is 0 Å². The summed E-state index contributed by atoms with van der Waals surface area (Å²) < 4.78 is 6.42. The molecule has 34 valence electrons. The van der Waals surface area contributed by atoms with Crippen molar-refractivity contribution in [2.24, 2.45) is 0 Å². The van der Waals surface area contributed by atoms with Crippen LogP contribution in [0.25, 0.3) is 0 Å². The third-order valence-corrected chi connectivity index (χ3v) is 2.13. The zero-order valence-corrected chi connectivity index (χ0v) is 4.02. The van der Waals surface area contributed by atoms with Gasteiger partial charge in [0.25, 0.3) is 0 Å². The van der Waals surface area contributed by atoms with Crippen LogP contribution in [0.1, 0.15) is 0 Å². The van der Waals surface area contributed by atoms with Gasteiger partial charge in [-0.25, -0.2) is 0 Å². The molecule has 0 saturated heterocycles. The summed E-state index contributed by atoms with van der Waals surface area (Å²) in [6, 6.07) is 0. The minimum absolute atomic E-state index is 0.187. The van der Waals surface area contributed by atoms with E-state index in [0.29, 0.717) is 0 Å². The summed E-state index contributed by atoms with van der Waals surface area (Å²) >= 11 is 0. The van der Waals surface area contributed by atoms with Crippen LogP contribution in [0.5, 0.6) is 0 Å². The molecule has 0 radical (unpaired) electrons. The smallest absolute Gasteiger partial charge is 0.231 e. The van der Waals surface area contributed by atoms with E-state index in [1.165, 1.54) is 0 Å². The van der Waals surface area contributed by atoms with Gasteiger partial charge in [-0.2, -0.15) is 0 Å². The average molecular weight is 105 g/mol. The molecule has 0 saturated carbocycles. The van der Waals surface area contributed by atoms with Gasteiger partial charge >= 0.3 is 0 Å². The van der Waals surface area contributed by atoms with Crippen molar-refractivity contribution in [3.05, 3.63) is 0 Å². The molecule has 0 aromatic carbocycles. The summed E-state index contributed by atoms with van der Waals surface area (Å²) in [4.78, 5) is 4.87. The van der Waals surface area contributed by atoms with E-state index >= 15 is 0 Å². The number of fused-ring (bicyclic) bond motifs is 1. The highest BCUT2D eigenvalue weighted by Gasteiger charge is 2.21. The lowest BCUT2D eigenvalue weighted by Crippen LogP contribution is -1.97. The summed E-state index contributed by atoms with van der Waals surface area (Å²) in [6.45, 7) is 0.867. The van der Waals surface area contributed by atoms with Crippen LogP contribution in [-0.4, -0.2) is 11.3 Å². The van der Waals surface area contributed by atoms with Gasteiger partial charge in [0.05, 0.1) is 6.16 Å². The fourth-order valence-corrected chi connectivity index (χ4v) is 1.50. The maximum atomic E-state index is 4.87. The molecule has 0 amide bonds. The molecular formula is C2H4NO2P. The van der Waals surface area contributed by atoms with E-state index < -0.39 is 0 Å². The molecular weight excluding hydrogens is 101 g/mol. The van der Waals surface area contributed by atoms with E-state index in [4.69, 9.17) is 9.14 Å². The van der Waals surface area contributed by atoms with Crippen LogP contribution in [0.15, 0.2) is 4.30 Å². The van der Waals surface area contributed by atoms with Crippen LogP contribution >= 0.6 is 7.93 Å². The van der Waals surface area contributed by atoms with Gasteiger partial charge in [0.2, 0.25) is 7.93 Å². The third-order valence-electron chi connectivity index (χ3n) is 0.806. The molecule has 0 fully saturated rings. The number of nitrogens with zero attached hydrogens (tertiary/aromatic N) is 1. The normalized spacial score (nSPS) is 21.0. The Labute approximate surface area is 35.6 Å². The van der Waals surface area contributed by atoms with Crippen LogP contribution in [0, 0.1) is 0 Å². The minimum Gasteiger partial charge on any atom is -0.380 e. The molecule has 4 heteroatoms. The number of hydrogen-bond donors (Lipinski definition) is 0. The van der Waals surface area contributed by atoms with E-state index in [-0.39, 0.29) is 7.93 Å². The van der Waals surface area contributed by atoms with Crippen LogP contribution in [-0.2, 0) is 6.16 Å². The molecule has 2 rings (SSSR count). The molecule has 1 aromatic rings. The Kier molecular flexibility index (Phi) is 0.320. The van der Waals surface area contributed by atoms with Gasteiger partial charge in [0, 0.05) is 4.67 Å². The van der Waals surface area contributed by atoms with E-state index in [1.54, 1.807) is 4.67 Å². The highest BCUT2D eigenvalue weighted by molar-refractivity contribution is 7.41. The molecule has 0 N–H and O–H groups in total. The highest BCUT2D eigenvalue weighted by atomic mass is 31.1. The first-order valence-electron chi connectivity index (χ1n) is 1.85. The fourth-order valence-electron chi connectivity index (χ4n) is 0.472. The van der Waals surface area contributed by atoms with Crippen molar-refractivity contribution in [3.8, 4) is 0 Å². The van der Waals surface area contributed by atoms with Gasteiger partial charge in [0.15, 0.2) is 0 Å². The average Bonchev–Trinajstić information content (AvgIpc) is 2.17. The Hall–Kier alpha value is -0.300. The van der Waals surface area contributed by atoms with Crippen molar-refractivity contribution < 1.29 is 9.14 Å². The number of aromatic nitrogens is 1. The predicted octanol–water partition coefficient (Wildman–Crippen LogP) is 0.510. The van der Waals surface area contributed by atoms with Gasteiger partial charge in [-0.05, 0) is 0 Å². The number of rotatable bonds is 0. The first-order chi connectivity index (χ1) is 2.97. The van der Waals surface area contributed by atoms with Gasteiger partial charge < -0.3 is 9.14 Å². The fraction of sp³-hybridized carbons (Fsp3) is 1.00. The van der Waals surface area contributed by atoms with Crippen LogP contribution in [0.3, 0.4) is 0 Å². The minimum atomic E-state index is -0.187. The van der Waals surface area contributed by atoms with Gasteiger partial charge in [-0.15, -0.1) is 0 Å². The van der Waals surface area contributed by atoms with Gasteiger partial charge in [-0.1, -0.05) is 0 Å². The molecule has 1 atom stereocenters. The second kappa shape index (κ2) is 0.684. The van der Waals surface area contributed by atoms with Crippen LogP contribution in [0.4, 0.5) is 0 Å². The molecule has 1 aromatic heterocycles.